The molecule has 0 bridgehead atoms. The molecule has 0 aromatic carbocycles. The Kier molecular flexibility index (Phi) is 5.36. The third-order valence-corrected chi connectivity index (χ3v) is 6.35. The summed E-state index contributed by atoms with van der Waals surface area (Å²) in [6, 6.07) is -0.991. The first-order valence-corrected chi connectivity index (χ1v) is 10.3. The zero-order valence-corrected chi connectivity index (χ0v) is 17.4. The molecule has 3 heterocycles. The molecular formula is C21H27FN4O4. The van der Waals surface area contributed by atoms with Gasteiger partial charge in [0.15, 0.2) is 5.78 Å². The van der Waals surface area contributed by atoms with Gasteiger partial charge in [-0.25, -0.2) is 9.37 Å². The van der Waals surface area contributed by atoms with E-state index in [-0.39, 0.29) is 29.9 Å². The minimum atomic E-state index is -1.57. The Morgan fingerprint density at radius 1 is 1.43 bits per heavy atom. The van der Waals surface area contributed by atoms with E-state index < -0.39 is 23.4 Å². The number of aliphatic hydroxyl groups is 1. The monoisotopic (exact) mass is 418 g/mol. The number of Topliss-reactive ketones (excluding diaryl/α,β-unsaturated/α-hetero) is 1. The maximum atomic E-state index is 15.3. The van der Waals surface area contributed by atoms with Gasteiger partial charge in [-0.15, -0.1) is 0 Å². The standard InChI is InChI=1S/C21H27FN4O4/c1-11-13-9-23-20(24-14-6-8-30-10-15(14)28)25-18(13)26(19(29)17(11)12(2)27)16-5-4-7-21(16,3)22/h9,14-16,28H,4-8,10H2,1-3H3,(H,23,24,25)/t14-,15-,16-,21+/m1/s1. The third kappa shape index (κ3) is 3.50. The fraction of sp³-hybridized carbons (Fsp3) is 0.619. The minimum absolute atomic E-state index is 0.0503. The molecule has 2 fully saturated rings. The van der Waals surface area contributed by atoms with Crippen LogP contribution in [0.25, 0.3) is 11.0 Å². The lowest BCUT2D eigenvalue weighted by molar-refractivity contribution is -0.0136. The van der Waals surface area contributed by atoms with Crippen LogP contribution in [0, 0.1) is 6.92 Å². The lowest BCUT2D eigenvalue weighted by Gasteiger charge is -2.29. The summed E-state index contributed by atoms with van der Waals surface area (Å²) in [6.07, 6.45) is 2.93. The molecule has 30 heavy (non-hydrogen) atoms. The molecule has 0 unspecified atom stereocenters. The Morgan fingerprint density at radius 3 is 2.83 bits per heavy atom. The van der Waals surface area contributed by atoms with Gasteiger partial charge in [-0.1, -0.05) is 0 Å². The van der Waals surface area contributed by atoms with Crippen molar-refractivity contribution >= 4 is 22.8 Å². The van der Waals surface area contributed by atoms with Gasteiger partial charge in [0, 0.05) is 18.2 Å². The molecule has 162 valence electrons. The molecule has 8 nitrogen and oxygen atoms in total. The molecule has 1 aliphatic heterocycles. The highest BCUT2D eigenvalue weighted by molar-refractivity contribution is 5.99. The average Bonchev–Trinajstić information content (AvgIpc) is 3.02. The Morgan fingerprint density at radius 2 is 2.20 bits per heavy atom. The van der Waals surface area contributed by atoms with E-state index >= 15 is 4.39 Å². The van der Waals surface area contributed by atoms with Crippen molar-refractivity contribution in [2.45, 2.75) is 70.3 Å². The van der Waals surface area contributed by atoms with Crippen molar-refractivity contribution in [3.8, 4) is 0 Å². The Balaban J connectivity index is 1.89. The maximum absolute atomic E-state index is 15.3. The zero-order valence-electron chi connectivity index (χ0n) is 17.4. The summed E-state index contributed by atoms with van der Waals surface area (Å²) in [5, 5.41) is 13.8. The molecule has 4 atom stereocenters. The number of pyridine rings is 1. The quantitative estimate of drug-likeness (QED) is 0.734. The Hall–Kier alpha value is -2.39. The molecule has 4 rings (SSSR count). The predicted molar refractivity (Wildman–Crippen MR) is 110 cm³/mol. The van der Waals surface area contributed by atoms with Crippen molar-refractivity contribution in [3.63, 3.8) is 0 Å². The summed E-state index contributed by atoms with van der Waals surface area (Å²) < 4.78 is 21.9. The van der Waals surface area contributed by atoms with E-state index in [0.717, 1.165) is 0 Å². The van der Waals surface area contributed by atoms with Crippen molar-refractivity contribution in [1.29, 1.82) is 0 Å². The smallest absolute Gasteiger partial charge is 0.263 e. The summed E-state index contributed by atoms with van der Waals surface area (Å²) in [6.45, 7) is 5.25. The van der Waals surface area contributed by atoms with Crippen LogP contribution in [0.5, 0.6) is 0 Å². The molecule has 0 spiro atoms. The number of aryl methyl sites for hydroxylation is 1. The molecule has 2 aromatic rings. The lowest BCUT2D eigenvalue weighted by Crippen LogP contribution is -2.42. The molecular weight excluding hydrogens is 391 g/mol. The van der Waals surface area contributed by atoms with Gasteiger partial charge >= 0.3 is 0 Å². The number of fused-ring (bicyclic) bond motifs is 1. The number of carbonyl (C=O) groups excluding carboxylic acids is 1. The van der Waals surface area contributed by atoms with Crippen LogP contribution in [0.2, 0.25) is 0 Å². The molecule has 2 N–H and O–H groups in total. The molecule has 9 heteroatoms. The maximum Gasteiger partial charge on any atom is 0.263 e. The van der Waals surface area contributed by atoms with E-state index in [4.69, 9.17) is 4.74 Å². The number of ether oxygens (including phenoxy) is 1. The SMILES string of the molecule is CC(=O)c1c(C)c2cnc(N[C@@H]3CCOC[C@H]3O)nc2n([C@@H]2CCC[C@]2(C)F)c1=O. The number of alkyl halides is 1. The largest absolute Gasteiger partial charge is 0.389 e. The number of hydrogen-bond donors (Lipinski definition) is 2. The number of carbonyl (C=O) groups is 1. The number of nitrogens with zero attached hydrogens (tertiary/aromatic N) is 3. The fourth-order valence-electron chi connectivity index (χ4n) is 4.67. The molecule has 2 aromatic heterocycles. The van der Waals surface area contributed by atoms with Crippen LogP contribution in [-0.4, -0.2) is 56.5 Å². The minimum Gasteiger partial charge on any atom is -0.389 e. The van der Waals surface area contributed by atoms with Crippen LogP contribution in [0.3, 0.4) is 0 Å². The van der Waals surface area contributed by atoms with Gasteiger partial charge < -0.3 is 15.2 Å². The average molecular weight is 418 g/mol. The van der Waals surface area contributed by atoms with Crippen molar-refractivity contribution in [2.75, 3.05) is 18.5 Å². The normalized spacial score (nSPS) is 29.3. The van der Waals surface area contributed by atoms with Gasteiger partial charge in [-0.2, -0.15) is 4.98 Å². The second-order valence-corrected chi connectivity index (χ2v) is 8.53. The van der Waals surface area contributed by atoms with Crippen LogP contribution in [0.1, 0.15) is 61.5 Å². The summed E-state index contributed by atoms with van der Waals surface area (Å²) in [5.74, 6) is -0.116. The first-order valence-electron chi connectivity index (χ1n) is 10.3. The van der Waals surface area contributed by atoms with Crippen LogP contribution < -0.4 is 10.9 Å². The van der Waals surface area contributed by atoms with E-state index in [1.165, 1.54) is 18.4 Å². The number of anilines is 1. The van der Waals surface area contributed by atoms with E-state index in [9.17, 15) is 14.7 Å². The van der Waals surface area contributed by atoms with Gasteiger partial charge in [0.25, 0.3) is 5.56 Å². The summed E-state index contributed by atoms with van der Waals surface area (Å²) >= 11 is 0. The fourth-order valence-corrected chi connectivity index (χ4v) is 4.67. The van der Waals surface area contributed by atoms with Crippen LogP contribution in [-0.2, 0) is 4.74 Å². The van der Waals surface area contributed by atoms with Gasteiger partial charge in [0.1, 0.15) is 11.3 Å². The molecule has 2 aliphatic rings. The second kappa shape index (κ2) is 7.70. The number of ketones is 1. The second-order valence-electron chi connectivity index (χ2n) is 8.53. The summed E-state index contributed by atoms with van der Waals surface area (Å²) in [4.78, 5) is 34.4. The van der Waals surface area contributed by atoms with Crippen molar-refractivity contribution in [1.82, 2.24) is 14.5 Å². The van der Waals surface area contributed by atoms with E-state index in [2.05, 4.69) is 15.3 Å². The third-order valence-electron chi connectivity index (χ3n) is 6.35. The van der Waals surface area contributed by atoms with Gasteiger partial charge in [0.2, 0.25) is 5.95 Å². The van der Waals surface area contributed by atoms with E-state index in [1.54, 1.807) is 13.1 Å². The van der Waals surface area contributed by atoms with E-state index in [0.29, 0.717) is 48.9 Å². The molecule has 1 aliphatic carbocycles. The zero-order chi connectivity index (χ0) is 21.6. The highest BCUT2D eigenvalue weighted by Crippen LogP contribution is 2.42. The molecule has 1 saturated heterocycles. The van der Waals surface area contributed by atoms with Crippen molar-refractivity contribution in [2.24, 2.45) is 0 Å². The lowest BCUT2D eigenvalue weighted by atomic mass is 9.99. The topological polar surface area (TPSA) is 106 Å². The van der Waals surface area contributed by atoms with Crippen LogP contribution >= 0.6 is 0 Å². The first-order chi connectivity index (χ1) is 14.2. The highest BCUT2D eigenvalue weighted by Gasteiger charge is 2.42. The number of aliphatic hydroxyl groups excluding tert-OH is 1. The number of rotatable bonds is 4. The Bertz CT molecular complexity index is 1050. The predicted octanol–water partition coefficient (Wildman–Crippen LogP) is 2.32. The number of aromatic nitrogens is 3. The molecule has 0 radical (unpaired) electrons. The molecule has 0 amide bonds. The van der Waals surface area contributed by atoms with Gasteiger partial charge in [-0.05, 0) is 52.0 Å². The first kappa shape index (κ1) is 20.9. The van der Waals surface area contributed by atoms with Crippen molar-refractivity contribution in [3.05, 3.63) is 27.7 Å². The number of nitrogens with one attached hydrogen (secondary N) is 1. The van der Waals surface area contributed by atoms with Gasteiger partial charge in [0.05, 0.1) is 30.4 Å². The van der Waals surface area contributed by atoms with Crippen LogP contribution in [0.15, 0.2) is 11.0 Å². The van der Waals surface area contributed by atoms with E-state index in [1.807, 2.05) is 0 Å². The highest BCUT2D eigenvalue weighted by atomic mass is 19.1. The van der Waals surface area contributed by atoms with Crippen molar-refractivity contribution < 1.29 is 19.0 Å². The molecule has 1 saturated carbocycles. The Labute approximate surface area is 173 Å². The summed E-state index contributed by atoms with van der Waals surface area (Å²) in [7, 11) is 0. The number of hydrogen-bond acceptors (Lipinski definition) is 7. The number of halogens is 1. The van der Waals surface area contributed by atoms with Gasteiger partial charge in [-0.3, -0.25) is 14.2 Å². The summed E-state index contributed by atoms with van der Waals surface area (Å²) in [5.41, 5.74) is -1.24. The van der Waals surface area contributed by atoms with Crippen LogP contribution in [0.4, 0.5) is 10.3 Å².